The van der Waals surface area contributed by atoms with Crippen molar-refractivity contribution in [2.45, 2.75) is 18.8 Å². The number of halogens is 1. The molecule has 0 aliphatic carbocycles. The molecular weight excluding hydrogens is 316 g/mol. The van der Waals surface area contributed by atoms with Crippen LogP contribution in [0.2, 0.25) is 0 Å². The first kappa shape index (κ1) is 15.2. The van der Waals surface area contributed by atoms with Crippen LogP contribution < -0.4 is 0 Å². The zero-order valence-electron chi connectivity index (χ0n) is 11.5. The van der Waals surface area contributed by atoms with Gasteiger partial charge in [-0.2, -0.15) is 0 Å². The van der Waals surface area contributed by atoms with E-state index in [1.807, 2.05) is 55.5 Å². The van der Waals surface area contributed by atoms with Gasteiger partial charge in [-0.1, -0.05) is 57.9 Å². The van der Waals surface area contributed by atoms with E-state index in [-0.39, 0.29) is 13.2 Å². The Balaban J connectivity index is 2.39. The van der Waals surface area contributed by atoms with Crippen LogP contribution >= 0.6 is 15.9 Å². The summed E-state index contributed by atoms with van der Waals surface area (Å²) in [4.78, 5) is 0. The third kappa shape index (κ3) is 3.29. The highest BCUT2D eigenvalue weighted by atomic mass is 79.9. The fourth-order valence-corrected chi connectivity index (χ4v) is 2.91. The largest absolute Gasteiger partial charge is 0.395 e. The normalized spacial score (nSPS) is 11.6. The topological polar surface area (TPSA) is 40.5 Å². The summed E-state index contributed by atoms with van der Waals surface area (Å²) in [6.45, 7) is 1.85. The summed E-state index contributed by atoms with van der Waals surface area (Å²) in [5.41, 5.74) is 2.54. The molecule has 0 fully saturated rings. The fourth-order valence-electron chi connectivity index (χ4n) is 2.46. The summed E-state index contributed by atoms with van der Waals surface area (Å²) in [7, 11) is 0. The van der Waals surface area contributed by atoms with Gasteiger partial charge in [0.2, 0.25) is 0 Å². The molecule has 2 N–H and O–H groups in total. The smallest absolute Gasteiger partial charge is 0.0553 e. The molecule has 106 valence electrons. The maximum Gasteiger partial charge on any atom is 0.0553 e. The van der Waals surface area contributed by atoms with E-state index in [9.17, 15) is 10.2 Å². The minimum absolute atomic E-state index is 0.0839. The van der Waals surface area contributed by atoms with Gasteiger partial charge in [-0.25, -0.2) is 0 Å². The second kappa shape index (κ2) is 6.53. The molecule has 0 radical (unpaired) electrons. The van der Waals surface area contributed by atoms with E-state index < -0.39 is 5.41 Å². The molecule has 0 unspecified atom stereocenters. The Morgan fingerprint density at radius 2 is 1.70 bits per heavy atom. The fraction of sp³-hybridized carbons (Fsp3) is 0.294. The lowest BCUT2D eigenvalue weighted by Crippen LogP contribution is -2.37. The average Bonchev–Trinajstić information content (AvgIpc) is 2.45. The summed E-state index contributed by atoms with van der Waals surface area (Å²) in [6, 6.07) is 16.0. The van der Waals surface area contributed by atoms with Crippen LogP contribution in [0.15, 0.2) is 53.0 Å². The van der Waals surface area contributed by atoms with Crippen molar-refractivity contribution in [1.29, 1.82) is 0 Å². The Bertz CT molecular complexity index is 577. The number of aryl methyl sites for hydroxylation is 1. The van der Waals surface area contributed by atoms with E-state index in [1.165, 1.54) is 0 Å². The zero-order valence-corrected chi connectivity index (χ0v) is 13.1. The van der Waals surface area contributed by atoms with E-state index in [0.717, 1.165) is 21.2 Å². The molecule has 3 heteroatoms. The average molecular weight is 335 g/mol. The van der Waals surface area contributed by atoms with E-state index in [0.29, 0.717) is 6.42 Å². The molecule has 0 amide bonds. The summed E-state index contributed by atoms with van der Waals surface area (Å²) < 4.78 is 1.00. The number of benzene rings is 2. The maximum absolute atomic E-state index is 9.88. The lowest BCUT2D eigenvalue weighted by Gasteiger charge is -2.31. The van der Waals surface area contributed by atoms with Gasteiger partial charge in [0.1, 0.15) is 0 Å². The van der Waals surface area contributed by atoms with Gasteiger partial charge in [0.25, 0.3) is 0 Å². The number of rotatable bonds is 5. The molecule has 0 aromatic heterocycles. The van der Waals surface area contributed by atoms with Crippen molar-refractivity contribution in [3.8, 4) is 0 Å². The van der Waals surface area contributed by atoms with Crippen LogP contribution in [0.1, 0.15) is 16.7 Å². The van der Waals surface area contributed by atoms with E-state index in [4.69, 9.17) is 0 Å². The minimum Gasteiger partial charge on any atom is -0.395 e. The van der Waals surface area contributed by atoms with Gasteiger partial charge in [-0.05, 0) is 36.6 Å². The predicted molar refractivity (Wildman–Crippen MR) is 84.9 cm³/mol. The van der Waals surface area contributed by atoms with Crippen LogP contribution in [0.3, 0.4) is 0 Å². The quantitative estimate of drug-likeness (QED) is 0.881. The van der Waals surface area contributed by atoms with E-state index in [2.05, 4.69) is 15.9 Å². The van der Waals surface area contributed by atoms with Crippen molar-refractivity contribution in [1.82, 2.24) is 0 Å². The van der Waals surface area contributed by atoms with Gasteiger partial charge >= 0.3 is 0 Å². The first-order chi connectivity index (χ1) is 9.59. The highest BCUT2D eigenvalue weighted by molar-refractivity contribution is 9.10. The monoisotopic (exact) mass is 334 g/mol. The van der Waals surface area contributed by atoms with Crippen LogP contribution in [0.25, 0.3) is 0 Å². The number of aliphatic hydroxyl groups excluding tert-OH is 2. The highest BCUT2D eigenvalue weighted by Gasteiger charge is 2.31. The van der Waals surface area contributed by atoms with Crippen LogP contribution in [0.5, 0.6) is 0 Å². The molecule has 0 aliphatic rings. The lowest BCUT2D eigenvalue weighted by molar-refractivity contribution is 0.116. The van der Waals surface area contributed by atoms with Gasteiger partial charge in [-0.15, -0.1) is 0 Å². The number of aliphatic hydroxyl groups is 2. The maximum atomic E-state index is 9.88. The Morgan fingerprint density at radius 1 is 1.00 bits per heavy atom. The van der Waals surface area contributed by atoms with Crippen molar-refractivity contribution in [2.75, 3.05) is 13.2 Å². The Morgan fingerprint density at radius 3 is 2.30 bits per heavy atom. The molecule has 0 spiro atoms. The molecule has 0 aliphatic heterocycles. The molecule has 2 aromatic rings. The molecule has 0 atom stereocenters. The Kier molecular flexibility index (Phi) is 4.97. The minimum atomic E-state index is -0.646. The van der Waals surface area contributed by atoms with Gasteiger partial charge < -0.3 is 10.2 Å². The van der Waals surface area contributed by atoms with Crippen molar-refractivity contribution < 1.29 is 10.2 Å². The second-order valence-electron chi connectivity index (χ2n) is 5.27. The standard InChI is InChI=1S/C17H19BrO2/c1-13-4-2-6-15(8-13)17(11-19,12-20)10-14-5-3-7-16(18)9-14/h2-9,19-20H,10-12H2,1H3. The third-order valence-corrected chi connectivity index (χ3v) is 4.16. The molecular formula is C17H19BrO2. The molecule has 0 saturated carbocycles. The first-order valence-electron chi connectivity index (χ1n) is 6.63. The SMILES string of the molecule is Cc1cccc(C(CO)(CO)Cc2cccc(Br)c2)c1. The van der Waals surface area contributed by atoms with Crippen LogP contribution in [0.4, 0.5) is 0 Å². The molecule has 2 nitrogen and oxygen atoms in total. The second-order valence-corrected chi connectivity index (χ2v) is 6.19. The Hall–Kier alpha value is -1.16. The molecule has 20 heavy (non-hydrogen) atoms. The van der Waals surface area contributed by atoms with Crippen molar-refractivity contribution in [3.63, 3.8) is 0 Å². The third-order valence-electron chi connectivity index (χ3n) is 3.67. The van der Waals surface area contributed by atoms with Crippen molar-refractivity contribution in [2.24, 2.45) is 0 Å². The summed E-state index contributed by atoms with van der Waals surface area (Å²) in [5.74, 6) is 0. The molecule has 0 heterocycles. The van der Waals surface area contributed by atoms with Gasteiger partial charge in [0.05, 0.1) is 13.2 Å². The molecule has 2 rings (SSSR count). The number of hydrogen-bond acceptors (Lipinski definition) is 2. The van der Waals surface area contributed by atoms with Gasteiger partial charge in [-0.3, -0.25) is 0 Å². The number of hydrogen-bond donors (Lipinski definition) is 2. The van der Waals surface area contributed by atoms with Gasteiger partial charge in [0, 0.05) is 9.89 Å². The van der Waals surface area contributed by atoms with Crippen LogP contribution in [-0.4, -0.2) is 23.4 Å². The zero-order chi connectivity index (χ0) is 14.6. The van der Waals surface area contributed by atoms with Crippen molar-refractivity contribution >= 4 is 15.9 Å². The van der Waals surface area contributed by atoms with E-state index >= 15 is 0 Å². The summed E-state index contributed by atoms with van der Waals surface area (Å²) in [6.07, 6.45) is 0.600. The molecule has 2 aromatic carbocycles. The highest BCUT2D eigenvalue weighted by Crippen LogP contribution is 2.29. The van der Waals surface area contributed by atoms with Gasteiger partial charge in [0.15, 0.2) is 0 Å². The van der Waals surface area contributed by atoms with Crippen LogP contribution in [-0.2, 0) is 11.8 Å². The lowest BCUT2D eigenvalue weighted by atomic mass is 9.76. The first-order valence-corrected chi connectivity index (χ1v) is 7.42. The molecule has 0 saturated heterocycles. The van der Waals surface area contributed by atoms with Crippen molar-refractivity contribution in [3.05, 3.63) is 69.7 Å². The summed E-state index contributed by atoms with van der Waals surface area (Å²) in [5, 5.41) is 19.8. The molecule has 0 bridgehead atoms. The predicted octanol–water partition coefficient (Wildman–Crippen LogP) is 3.22. The Labute approximate surface area is 128 Å². The summed E-state index contributed by atoms with van der Waals surface area (Å²) >= 11 is 3.46. The van der Waals surface area contributed by atoms with E-state index in [1.54, 1.807) is 0 Å². The van der Waals surface area contributed by atoms with Crippen LogP contribution in [0, 0.1) is 6.92 Å².